The zero-order valence-corrected chi connectivity index (χ0v) is 10.7. The highest BCUT2D eigenvalue weighted by molar-refractivity contribution is 5.94. The molecular weight excluding hydrogens is 216 g/mol. The second-order valence-electron chi connectivity index (χ2n) is 4.02. The number of aryl methyl sites for hydroxylation is 2. The van der Waals surface area contributed by atoms with Gasteiger partial charge in [-0.15, -0.1) is 0 Å². The number of hydrogen-bond donors (Lipinski definition) is 2. The number of anilines is 2. The van der Waals surface area contributed by atoms with Crippen molar-refractivity contribution in [1.82, 2.24) is 0 Å². The third-order valence-electron chi connectivity index (χ3n) is 2.62. The van der Waals surface area contributed by atoms with E-state index < -0.39 is 0 Å². The molecule has 0 aliphatic carbocycles. The molecule has 0 heterocycles. The van der Waals surface area contributed by atoms with E-state index in [0.717, 1.165) is 11.1 Å². The van der Waals surface area contributed by atoms with Gasteiger partial charge >= 0.3 is 0 Å². The summed E-state index contributed by atoms with van der Waals surface area (Å²) in [6.07, 6.45) is 0.347. The van der Waals surface area contributed by atoms with Crippen molar-refractivity contribution in [3.8, 4) is 0 Å². The number of hydrogen-bond acceptors (Lipinski definition) is 3. The van der Waals surface area contributed by atoms with Gasteiger partial charge in [0.2, 0.25) is 5.91 Å². The molecule has 1 amide bonds. The first-order valence-corrected chi connectivity index (χ1v) is 5.79. The van der Waals surface area contributed by atoms with Crippen molar-refractivity contribution in [2.45, 2.75) is 27.2 Å². The number of amides is 1. The molecule has 3 N–H and O–H groups in total. The van der Waals surface area contributed by atoms with Crippen LogP contribution >= 0.6 is 0 Å². The first-order chi connectivity index (χ1) is 8.04. The summed E-state index contributed by atoms with van der Waals surface area (Å²) in [5.74, 6) is -0.0756. The number of benzene rings is 1. The van der Waals surface area contributed by atoms with E-state index >= 15 is 0 Å². The molecule has 0 aliphatic rings. The minimum absolute atomic E-state index is 0.0756. The molecule has 1 rings (SSSR count). The Morgan fingerprint density at radius 2 is 2.00 bits per heavy atom. The molecule has 0 saturated carbocycles. The molecular formula is C13H20N2O2. The van der Waals surface area contributed by atoms with Crippen molar-refractivity contribution in [3.05, 3.63) is 23.3 Å². The molecule has 0 radical (unpaired) electrons. The van der Waals surface area contributed by atoms with E-state index in [4.69, 9.17) is 10.5 Å². The van der Waals surface area contributed by atoms with Crippen LogP contribution in [0.25, 0.3) is 0 Å². The summed E-state index contributed by atoms with van der Waals surface area (Å²) < 4.78 is 5.12. The Morgan fingerprint density at radius 3 is 2.65 bits per heavy atom. The molecule has 0 saturated heterocycles. The molecule has 4 heteroatoms. The molecule has 0 atom stereocenters. The molecule has 1 aromatic carbocycles. The van der Waals surface area contributed by atoms with Gasteiger partial charge in [0, 0.05) is 6.61 Å². The van der Waals surface area contributed by atoms with Crippen LogP contribution in [0.5, 0.6) is 0 Å². The second kappa shape index (κ2) is 6.25. The van der Waals surface area contributed by atoms with Gasteiger partial charge in [-0.3, -0.25) is 4.79 Å². The van der Waals surface area contributed by atoms with Gasteiger partial charge in [-0.1, -0.05) is 0 Å². The van der Waals surface area contributed by atoms with E-state index in [0.29, 0.717) is 31.0 Å². The summed E-state index contributed by atoms with van der Waals surface area (Å²) in [4.78, 5) is 11.6. The van der Waals surface area contributed by atoms with Crippen LogP contribution in [0.2, 0.25) is 0 Å². The van der Waals surface area contributed by atoms with Crippen LogP contribution in [0.15, 0.2) is 12.1 Å². The zero-order valence-electron chi connectivity index (χ0n) is 10.7. The van der Waals surface area contributed by atoms with Gasteiger partial charge in [0.05, 0.1) is 24.4 Å². The van der Waals surface area contributed by atoms with Crippen LogP contribution in [0.3, 0.4) is 0 Å². The van der Waals surface area contributed by atoms with E-state index in [-0.39, 0.29) is 5.91 Å². The number of nitrogen functional groups attached to an aromatic ring is 1. The van der Waals surface area contributed by atoms with Crippen molar-refractivity contribution in [2.24, 2.45) is 0 Å². The molecule has 0 spiro atoms. The van der Waals surface area contributed by atoms with Crippen molar-refractivity contribution >= 4 is 17.3 Å². The molecule has 4 nitrogen and oxygen atoms in total. The topological polar surface area (TPSA) is 64.3 Å². The van der Waals surface area contributed by atoms with Crippen LogP contribution in [0.1, 0.15) is 24.5 Å². The van der Waals surface area contributed by atoms with Crippen LogP contribution in [0, 0.1) is 13.8 Å². The normalized spacial score (nSPS) is 10.3. The predicted molar refractivity (Wildman–Crippen MR) is 70.1 cm³/mol. The lowest BCUT2D eigenvalue weighted by Crippen LogP contribution is -2.15. The first-order valence-electron chi connectivity index (χ1n) is 5.79. The third-order valence-corrected chi connectivity index (χ3v) is 2.62. The van der Waals surface area contributed by atoms with Crippen molar-refractivity contribution in [1.29, 1.82) is 0 Å². The van der Waals surface area contributed by atoms with E-state index in [1.54, 1.807) is 0 Å². The molecule has 1 aromatic rings. The highest BCUT2D eigenvalue weighted by atomic mass is 16.5. The second-order valence-corrected chi connectivity index (χ2v) is 4.02. The van der Waals surface area contributed by atoms with Gasteiger partial charge in [-0.05, 0) is 44.0 Å². The fraction of sp³-hybridized carbons (Fsp3) is 0.462. The SMILES string of the molecule is CCOCCC(=O)Nc1cc(C)c(C)cc1N. The smallest absolute Gasteiger partial charge is 0.226 e. The van der Waals surface area contributed by atoms with E-state index in [9.17, 15) is 4.79 Å². The largest absolute Gasteiger partial charge is 0.397 e. The summed E-state index contributed by atoms with van der Waals surface area (Å²) in [6.45, 7) is 6.95. The Kier molecular flexibility index (Phi) is 4.97. The van der Waals surface area contributed by atoms with Gasteiger partial charge in [0.25, 0.3) is 0 Å². The Labute approximate surface area is 102 Å². The van der Waals surface area contributed by atoms with Crippen molar-refractivity contribution in [2.75, 3.05) is 24.3 Å². The molecule has 0 aromatic heterocycles. The molecule has 0 unspecified atom stereocenters. The summed E-state index contributed by atoms with van der Waals surface area (Å²) in [7, 11) is 0. The molecule has 17 heavy (non-hydrogen) atoms. The van der Waals surface area contributed by atoms with Crippen molar-refractivity contribution in [3.63, 3.8) is 0 Å². The average molecular weight is 236 g/mol. The minimum Gasteiger partial charge on any atom is -0.397 e. The summed E-state index contributed by atoms with van der Waals surface area (Å²) in [5.41, 5.74) is 9.35. The lowest BCUT2D eigenvalue weighted by molar-refractivity contribution is -0.117. The number of rotatable bonds is 5. The zero-order chi connectivity index (χ0) is 12.8. The molecule has 0 bridgehead atoms. The molecule has 0 aliphatic heterocycles. The number of carbonyl (C=O) groups excluding carboxylic acids is 1. The van der Waals surface area contributed by atoms with Gasteiger partial charge in [-0.2, -0.15) is 0 Å². The van der Waals surface area contributed by atoms with Crippen LogP contribution < -0.4 is 11.1 Å². The third kappa shape index (κ3) is 4.07. The fourth-order valence-electron chi connectivity index (χ4n) is 1.47. The fourth-order valence-corrected chi connectivity index (χ4v) is 1.47. The first kappa shape index (κ1) is 13.5. The maximum Gasteiger partial charge on any atom is 0.226 e. The standard InChI is InChI=1S/C13H20N2O2/c1-4-17-6-5-13(16)15-12-8-10(3)9(2)7-11(12)14/h7-8H,4-6,14H2,1-3H3,(H,15,16). The summed E-state index contributed by atoms with van der Waals surface area (Å²) in [5, 5.41) is 2.79. The van der Waals surface area contributed by atoms with Gasteiger partial charge in [0.1, 0.15) is 0 Å². The highest BCUT2D eigenvalue weighted by Crippen LogP contribution is 2.22. The maximum atomic E-state index is 11.6. The van der Waals surface area contributed by atoms with Crippen molar-refractivity contribution < 1.29 is 9.53 Å². The van der Waals surface area contributed by atoms with Crippen LogP contribution in [-0.2, 0) is 9.53 Å². The monoisotopic (exact) mass is 236 g/mol. The lowest BCUT2D eigenvalue weighted by Gasteiger charge is -2.11. The Balaban J connectivity index is 2.62. The van der Waals surface area contributed by atoms with Crippen LogP contribution in [-0.4, -0.2) is 19.1 Å². The van der Waals surface area contributed by atoms with E-state index in [2.05, 4.69) is 5.32 Å². The number of nitrogens with two attached hydrogens (primary N) is 1. The highest BCUT2D eigenvalue weighted by Gasteiger charge is 2.06. The van der Waals surface area contributed by atoms with Crippen LogP contribution in [0.4, 0.5) is 11.4 Å². The number of nitrogens with one attached hydrogen (secondary N) is 1. The molecule has 94 valence electrons. The van der Waals surface area contributed by atoms with Gasteiger partial charge < -0.3 is 15.8 Å². The predicted octanol–water partition coefficient (Wildman–Crippen LogP) is 2.25. The summed E-state index contributed by atoms with van der Waals surface area (Å²) in [6, 6.07) is 3.76. The van der Waals surface area contributed by atoms with E-state index in [1.165, 1.54) is 0 Å². The number of carbonyl (C=O) groups is 1. The van der Waals surface area contributed by atoms with Gasteiger partial charge in [-0.25, -0.2) is 0 Å². The Morgan fingerprint density at radius 1 is 1.35 bits per heavy atom. The Hall–Kier alpha value is -1.55. The van der Waals surface area contributed by atoms with Gasteiger partial charge in [0.15, 0.2) is 0 Å². The maximum absolute atomic E-state index is 11.6. The minimum atomic E-state index is -0.0756. The average Bonchev–Trinajstić information content (AvgIpc) is 2.26. The Bertz CT molecular complexity index is 403. The van der Waals surface area contributed by atoms with E-state index in [1.807, 2.05) is 32.9 Å². The number of ether oxygens (including phenoxy) is 1. The molecule has 0 fully saturated rings. The summed E-state index contributed by atoms with van der Waals surface area (Å²) >= 11 is 0. The lowest BCUT2D eigenvalue weighted by atomic mass is 10.1. The quantitative estimate of drug-likeness (QED) is 0.608.